The molecule has 0 aliphatic rings. The summed E-state index contributed by atoms with van der Waals surface area (Å²) in [5.74, 6) is 1.17. The van der Waals surface area contributed by atoms with Crippen LogP contribution in [0.5, 0.6) is 11.5 Å². The number of Topliss-reactive ketones (excluding diaryl/α,β-unsaturated/α-hetero) is 1. The van der Waals surface area contributed by atoms with Gasteiger partial charge >= 0.3 is 0 Å². The molecule has 0 aliphatic heterocycles. The third-order valence-corrected chi connectivity index (χ3v) is 7.47. The van der Waals surface area contributed by atoms with E-state index < -0.39 is 10.0 Å². The molecule has 0 spiro atoms. The molecule has 0 fully saturated rings. The predicted octanol–water partition coefficient (Wildman–Crippen LogP) is 5.06. The highest BCUT2D eigenvalue weighted by atomic mass is 79.9. The summed E-state index contributed by atoms with van der Waals surface area (Å²) >= 11 is 3.32. The highest BCUT2D eigenvalue weighted by Gasteiger charge is 2.26. The molecular formula is C24H24BrNO5S. The Kier molecular flexibility index (Phi) is 7.71. The zero-order valence-corrected chi connectivity index (χ0v) is 20.4. The number of benzene rings is 3. The van der Waals surface area contributed by atoms with Gasteiger partial charge in [0.1, 0.15) is 11.5 Å². The highest BCUT2D eigenvalue weighted by Crippen LogP contribution is 2.27. The van der Waals surface area contributed by atoms with Gasteiger partial charge in [0.2, 0.25) is 10.0 Å². The highest BCUT2D eigenvalue weighted by molar-refractivity contribution is 9.10. The molecule has 3 aromatic rings. The number of halogens is 1. The van der Waals surface area contributed by atoms with Crippen LogP contribution in [0.15, 0.2) is 76.1 Å². The Balaban J connectivity index is 2.00. The van der Waals surface area contributed by atoms with Crippen molar-refractivity contribution in [1.82, 2.24) is 4.31 Å². The van der Waals surface area contributed by atoms with Crippen molar-refractivity contribution in [3.05, 3.63) is 87.9 Å². The van der Waals surface area contributed by atoms with Crippen LogP contribution in [0.3, 0.4) is 0 Å². The Labute approximate surface area is 197 Å². The van der Waals surface area contributed by atoms with Gasteiger partial charge in [-0.3, -0.25) is 4.79 Å². The maximum atomic E-state index is 13.6. The summed E-state index contributed by atoms with van der Waals surface area (Å²) in [4.78, 5) is 12.0. The number of hydrogen-bond acceptors (Lipinski definition) is 5. The Bertz CT molecular complexity index is 1140. The number of ether oxygens (including phenoxy) is 2. The molecule has 0 atom stereocenters. The second-order valence-electron chi connectivity index (χ2n) is 7.17. The van der Waals surface area contributed by atoms with Gasteiger partial charge in [0, 0.05) is 23.1 Å². The van der Waals surface area contributed by atoms with Crippen LogP contribution in [0, 0.1) is 0 Å². The lowest BCUT2D eigenvalue weighted by atomic mass is 10.1. The van der Waals surface area contributed by atoms with E-state index in [9.17, 15) is 13.2 Å². The van der Waals surface area contributed by atoms with Gasteiger partial charge in [0.25, 0.3) is 0 Å². The number of carbonyl (C=O) groups is 1. The van der Waals surface area contributed by atoms with Gasteiger partial charge in [-0.05, 0) is 60.5 Å². The van der Waals surface area contributed by atoms with Crippen molar-refractivity contribution in [3.63, 3.8) is 0 Å². The molecule has 0 heterocycles. The number of methoxy groups -OCH3 is 2. The minimum atomic E-state index is -3.90. The average Bonchev–Trinajstić information content (AvgIpc) is 2.79. The van der Waals surface area contributed by atoms with Gasteiger partial charge in [-0.15, -0.1) is 0 Å². The van der Waals surface area contributed by atoms with E-state index in [-0.39, 0.29) is 23.8 Å². The fourth-order valence-corrected chi connectivity index (χ4v) is 5.15. The van der Waals surface area contributed by atoms with Crippen LogP contribution in [-0.2, 0) is 23.1 Å². The predicted molar refractivity (Wildman–Crippen MR) is 127 cm³/mol. The third kappa shape index (κ3) is 5.56. The van der Waals surface area contributed by atoms with E-state index in [4.69, 9.17) is 9.47 Å². The first-order chi connectivity index (χ1) is 15.2. The lowest BCUT2D eigenvalue weighted by Gasteiger charge is -2.23. The lowest BCUT2D eigenvalue weighted by molar-refractivity contribution is 0.101. The summed E-state index contributed by atoms with van der Waals surface area (Å²) in [5, 5.41) is 0. The largest absolute Gasteiger partial charge is 0.497 e. The van der Waals surface area contributed by atoms with Crippen molar-refractivity contribution in [2.45, 2.75) is 24.9 Å². The van der Waals surface area contributed by atoms with E-state index in [0.717, 1.165) is 11.1 Å². The quantitative estimate of drug-likeness (QED) is 0.371. The number of nitrogens with zero attached hydrogens (tertiary/aromatic N) is 1. The average molecular weight is 518 g/mol. The fourth-order valence-electron chi connectivity index (χ4n) is 3.18. The molecule has 0 saturated carbocycles. The normalized spacial score (nSPS) is 11.4. The molecule has 0 bridgehead atoms. The van der Waals surface area contributed by atoms with Crippen LogP contribution < -0.4 is 9.47 Å². The minimum Gasteiger partial charge on any atom is -0.497 e. The summed E-state index contributed by atoms with van der Waals surface area (Å²) in [5.41, 5.74) is 1.94. The zero-order valence-electron chi connectivity index (χ0n) is 18.0. The van der Waals surface area contributed by atoms with Crippen LogP contribution in [-0.4, -0.2) is 32.7 Å². The summed E-state index contributed by atoms with van der Waals surface area (Å²) in [6, 6.07) is 19.0. The molecule has 0 N–H and O–H groups in total. The van der Waals surface area contributed by atoms with Crippen LogP contribution in [0.2, 0.25) is 0 Å². The van der Waals surface area contributed by atoms with Crippen molar-refractivity contribution in [1.29, 1.82) is 0 Å². The molecule has 6 nitrogen and oxygen atoms in total. The standard InChI is InChI=1S/C24H24BrNO5S/c1-17(27)23-14-22(12-13-24(23)25)32(28,29)26(15-18-4-8-20(30-2)9-5-18)16-19-6-10-21(31-3)11-7-19/h4-14H,15-16H2,1-3H3. The molecule has 0 saturated heterocycles. The van der Waals surface area contributed by atoms with Crippen molar-refractivity contribution in [2.24, 2.45) is 0 Å². The second-order valence-corrected chi connectivity index (χ2v) is 9.96. The number of ketones is 1. The van der Waals surface area contributed by atoms with Crippen LogP contribution in [0.25, 0.3) is 0 Å². The van der Waals surface area contributed by atoms with Gasteiger partial charge in [-0.1, -0.05) is 40.2 Å². The molecular weight excluding hydrogens is 494 g/mol. The molecule has 0 amide bonds. The van der Waals surface area contributed by atoms with E-state index in [1.54, 1.807) is 44.6 Å². The number of rotatable bonds is 9. The minimum absolute atomic E-state index is 0.0629. The molecule has 0 aliphatic carbocycles. The van der Waals surface area contributed by atoms with Crippen molar-refractivity contribution < 1.29 is 22.7 Å². The van der Waals surface area contributed by atoms with Crippen molar-refractivity contribution in [3.8, 4) is 11.5 Å². The molecule has 8 heteroatoms. The Hall–Kier alpha value is -2.68. The van der Waals surface area contributed by atoms with Crippen molar-refractivity contribution >= 4 is 31.7 Å². The van der Waals surface area contributed by atoms with E-state index in [0.29, 0.717) is 21.5 Å². The van der Waals surface area contributed by atoms with E-state index in [2.05, 4.69) is 15.9 Å². The third-order valence-electron chi connectivity index (χ3n) is 4.99. The zero-order chi connectivity index (χ0) is 23.3. The van der Waals surface area contributed by atoms with Gasteiger partial charge in [0.05, 0.1) is 19.1 Å². The Morgan fingerprint density at radius 1 is 0.844 bits per heavy atom. The summed E-state index contributed by atoms with van der Waals surface area (Å²) in [6.45, 7) is 1.72. The first-order valence-corrected chi connectivity index (χ1v) is 12.0. The molecule has 0 radical (unpaired) electrons. The van der Waals surface area contributed by atoms with Crippen LogP contribution in [0.1, 0.15) is 28.4 Å². The first kappa shape index (κ1) is 24.0. The number of carbonyl (C=O) groups excluding carboxylic acids is 1. The number of hydrogen-bond donors (Lipinski definition) is 0. The Morgan fingerprint density at radius 3 is 1.72 bits per heavy atom. The molecule has 32 heavy (non-hydrogen) atoms. The van der Waals surface area contributed by atoms with Gasteiger partial charge in [-0.25, -0.2) is 8.42 Å². The monoisotopic (exact) mass is 517 g/mol. The SMILES string of the molecule is COc1ccc(CN(Cc2ccc(OC)cc2)S(=O)(=O)c2ccc(Br)c(C(C)=O)c2)cc1. The van der Waals surface area contributed by atoms with Crippen LogP contribution in [0.4, 0.5) is 0 Å². The Morgan fingerprint density at radius 2 is 1.31 bits per heavy atom. The molecule has 168 valence electrons. The van der Waals surface area contributed by atoms with Crippen molar-refractivity contribution in [2.75, 3.05) is 14.2 Å². The second kappa shape index (κ2) is 10.3. The maximum Gasteiger partial charge on any atom is 0.243 e. The smallest absolute Gasteiger partial charge is 0.243 e. The van der Waals surface area contributed by atoms with Gasteiger partial charge in [-0.2, -0.15) is 4.31 Å². The van der Waals surface area contributed by atoms with E-state index in [1.165, 1.54) is 23.4 Å². The van der Waals surface area contributed by atoms with Gasteiger partial charge in [0.15, 0.2) is 5.78 Å². The summed E-state index contributed by atoms with van der Waals surface area (Å²) in [7, 11) is -0.746. The number of sulfonamides is 1. The maximum absolute atomic E-state index is 13.6. The van der Waals surface area contributed by atoms with Gasteiger partial charge < -0.3 is 9.47 Å². The summed E-state index contributed by atoms with van der Waals surface area (Å²) in [6.07, 6.45) is 0. The van der Waals surface area contributed by atoms with E-state index in [1.807, 2.05) is 24.3 Å². The van der Waals surface area contributed by atoms with E-state index >= 15 is 0 Å². The topological polar surface area (TPSA) is 72.9 Å². The summed E-state index contributed by atoms with van der Waals surface area (Å²) < 4.78 is 39.6. The molecule has 0 aromatic heterocycles. The molecule has 0 unspecified atom stereocenters. The fraction of sp³-hybridized carbons (Fsp3) is 0.208. The lowest BCUT2D eigenvalue weighted by Crippen LogP contribution is -2.30. The van der Waals surface area contributed by atoms with Crippen LogP contribution >= 0.6 is 15.9 Å². The first-order valence-electron chi connectivity index (χ1n) is 9.81. The molecule has 3 rings (SSSR count). The molecule has 3 aromatic carbocycles.